The molecule has 0 heterocycles. The van der Waals surface area contributed by atoms with Crippen LogP contribution in [0.2, 0.25) is 0 Å². The number of halogens is 1. The van der Waals surface area contributed by atoms with Crippen molar-refractivity contribution >= 4 is 26.0 Å². The van der Waals surface area contributed by atoms with Gasteiger partial charge in [-0.25, -0.2) is 8.42 Å². The van der Waals surface area contributed by atoms with E-state index in [1.807, 2.05) is 6.07 Å². The van der Waals surface area contributed by atoms with Crippen molar-refractivity contribution in [2.24, 2.45) is 0 Å². The van der Waals surface area contributed by atoms with Crippen molar-refractivity contribution in [1.82, 2.24) is 4.31 Å². The quantitative estimate of drug-likeness (QED) is 0.783. The summed E-state index contributed by atoms with van der Waals surface area (Å²) >= 11 is 3.33. The number of hydrogen-bond donors (Lipinski definition) is 0. The molecule has 1 saturated carbocycles. The van der Waals surface area contributed by atoms with Crippen molar-refractivity contribution < 1.29 is 8.42 Å². The predicted octanol–water partition coefficient (Wildman–Crippen LogP) is 2.62. The minimum Gasteiger partial charge on any atom is -0.207 e. The fourth-order valence-corrected chi connectivity index (χ4v) is 4.31. The first-order chi connectivity index (χ1) is 8.16. The molecule has 0 amide bonds. The molecule has 2 rings (SSSR count). The zero-order valence-corrected chi connectivity index (χ0v) is 12.0. The zero-order valence-electron chi connectivity index (χ0n) is 9.55. The van der Waals surface area contributed by atoms with Gasteiger partial charge in [-0.2, -0.15) is 4.31 Å². The summed E-state index contributed by atoms with van der Waals surface area (Å²) in [5.74, 6) is 0. The van der Waals surface area contributed by atoms with Crippen molar-refractivity contribution in [2.45, 2.75) is 30.2 Å². The minimum absolute atomic E-state index is 0.192. The fraction of sp³-hybridized carbons (Fsp3) is 0.500. The van der Waals surface area contributed by atoms with Gasteiger partial charge >= 0.3 is 0 Å². The van der Waals surface area contributed by atoms with Gasteiger partial charge in [0.25, 0.3) is 0 Å². The van der Waals surface area contributed by atoms with Crippen LogP contribution in [0.5, 0.6) is 0 Å². The van der Waals surface area contributed by atoms with Gasteiger partial charge in [0.15, 0.2) is 0 Å². The first kappa shape index (κ1) is 13.1. The lowest BCUT2D eigenvalue weighted by molar-refractivity contribution is 0.228. The van der Waals surface area contributed by atoms with Gasteiger partial charge in [-0.05, 0) is 25.0 Å². The standard InChI is InChI=1S/C12H16BrNO2S/c13-9-10-14(11-5-4-6-11)17(15,16)12-7-2-1-3-8-12/h1-3,7-8,11H,4-6,9-10H2. The molecule has 0 spiro atoms. The lowest BCUT2D eigenvalue weighted by atomic mass is 9.93. The van der Waals surface area contributed by atoms with Gasteiger partial charge in [0.1, 0.15) is 0 Å². The molecule has 1 aromatic rings. The van der Waals surface area contributed by atoms with Gasteiger partial charge < -0.3 is 0 Å². The third kappa shape index (κ3) is 2.72. The van der Waals surface area contributed by atoms with Gasteiger partial charge in [0.05, 0.1) is 4.90 Å². The lowest BCUT2D eigenvalue weighted by Gasteiger charge is -2.36. The normalized spacial score (nSPS) is 17.1. The second kappa shape index (κ2) is 5.50. The maximum absolute atomic E-state index is 12.5. The van der Waals surface area contributed by atoms with Crippen LogP contribution in [0, 0.1) is 0 Å². The molecule has 0 atom stereocenters. The summed E-state index contributed by atoms with van der Waals surface area (Å²) < 4.78 is 26.6. The monoisotopic (exact) mass is 317 g/mol. The molecule has 0 unspecified atom stereocenters. The molecule has 0 radical (unpaired) electrons. The molecule has 5 heteroatoms. The van der Waals surface area contributed by atoms with Crippen molar-refractivity contribution in [3.63, 3.8) is 0 Å². The van der Waals surface area contributed by atoms with Crippen LogP contribution in [0.15, 0.2) is 35.2 Å². The molecule has 1 fully saturated rings. The SMILES string of the molecule is O=S(=O)(c1ccccc1)N(CCBr)C1CCC1. The van der Waals surface area contributed by atoms with E-state index in [2.05, 4.69) is 15.9 Å². The lowest BCUT2D eigenvalue weighted by Crippen LogP contribution is -2.45. The molecule has 1 aromatic carbocycles. The first-order valence-electron chi connectivity index (χ1n) is 5.79. The zero-order chi connectivity index (χ0) is 12.3. The van der Waals surface area contributed by atoms with E-state index in [1.54, 1.807) is 28.6 Å². The van der Waals surface area contributed by atoms with Gasteiger partial charge in [0.2, 0.25) is 10.0 Å². The Hall–Kier alpha value is -0.390. The summed E-state index contributed by atoms with van der Waals surface area (Å²) in [7, 11) is -3.32. The highest BCUT2D eigenvalue weighted by Crippen LogP contribution is 2.29. The van der Waals surface area contributed by atoms with Crippen LogP contribution in [0.1, 0.15) is 19.3 Å². The molecule has 1 aliphatic carbocycles. The van der Waals surface area contributed by atoms with E-state index in [4.69, 9.17) is 0 Å². The van der Waals surface area contributed by atoms with E-state index in [-0.39, 0.29) is 6.04 Å². The van der Waals surface area contributed by atoms with E-state index in [0.29, 0.717) is 16.8 Å². The topological polar surface area (TPSA) is 37.4 Å². The smallest absolute Gasteiger partial charge is 0.207 e. The number of hydrogen-bond acceptors (Lipinski definition) is 2. The Morgan fingerprint density at radius 3 is 2.35 bits per heavy atom. The summed E-state index contributed by atoms with van der Waals surface area (Å²) in [5.41, 5.74) is 0. The van der Waals surface area contributed by atoms with E-state index >= 15 is 0 Å². The number of sulfonamides is 1. The van der Waals surface area contributed by atoms with E-state index in [1.165, 1.54) is 0 Å². The minimum atomic E-state index is -3.32. The van der Waals surface area contributed by atoms with Crippen LogP contribution in [0.3, 0.4) is 0 Å². The highest BCUT2D eigenvalue weighted by molar-refractivity contribution is 9.09. The summed E-state index contributed by atoms with van der Waals surface area (Å²) in [5, 5.41) is 0.676. The van der Waals surface area contributed by atoms with Crippen LogP contribution >= 0.6 is 15.9 Å². The molecule has 94 valence electrons. The maximum atomic E-state index is 12.5. The van der Waals surface area contributed by atoms with Crippen LogP contribution in [0.25, 0.3) is 0 Å². The Morgan fingerprint density at radius 1 is 1.24 bits per heavy atom. The maximum Gasteiger partial charge on any atom is 0.243 e. The molecule has 0 saturated heterocycles. The van der Waals surface area contributed by atoms with Crippen molar-refractivity contribution in [3.05, 3.63) is 30.3 Å². The molecule has 0 aliphatic heterocycles. The molecular weight excluding hydrogens is 302 g/mol. The largest absolute Gasteiger partial charge is 0.243 e. The number of benzene rings is 1. The van der Waals surface area contributed by atoms with E-state index in [9.17, 15) is 8.42 Å². The van der Waals surface area contributed by atoms with E-state index < -0.39 is 10.0 Å². The summed E-state index contributed by atoms with van der Waals surface area (Å²) in [6.45, 7) is 0.544. The molecular formula is C12H16BrNO2S. The van der Waals surface area contributed by atoms with Crippen LogP contribution in [-0.4, -0.2) is 30.6 Å². The molecule has 0 aromatic heterocycles. The van der Waals surface area contributed by atoms with Crippen molar-refractivity contribution in [2.75, 3.05) is 11.9 Å². The average molecular weight is 318 g/mol. The second-order valence-electron chi connectivity index (χ2n) is 4.20. The molecule has 0 N–H and O–H groups in total. The number of rotatable bonds is 5. The van der Waals surface area contributed by atoms with Gasteiger partial charge in [-0.3, -0.25) is 0 Å². The van der Waals surface area contributed by atoms with Crippen molar-refractivity contribution in [1.29, 1.82) is 0 Å². The Morgan fingerprint density at radius 2 is 1.88 bits per heavy atom. The highest BCUT2D eigenvalue weighted by Gasteiger charge is 2.34. The van der Waals surface area contributed by atoms with Gasteiger partial charge in [-0.1, -0.05) is 40.5 Å². The molecule has 0 bridgehead atoms. The van der Waals surface area contributed by atoms with Gasteiger partial charge in [-0.15, -0.1) is 0 Å². The summed E-state index contributed by atoms with van der Waals surface area (Å²) in [4.78, 5) is 0.396. The number of nitrogens with zero attached hydrogens (tertiary/aromatic N) is 1. The Kier molecular flexibility index (Phi) is 4.22. The molecule has 3 nitrogen and oxygen atoms in total. The Labute approximate surface area is 111 Å². The third-order valence-electron chi connectivity index (χ3n) is 3.14. The third-order valence-corrected chi connectivity index (χ3v) is 5.46. The summed E-state index contributed by atoms with van der Waals surface area (Å²) in [6.07, 6.45) is 3.10. The van der Waals surface area contributed by atoms with Crippen LogP contribution in [-0.2, 0) is 10.0 Å². The molecule has 17 heavy (non-hydrogen) atoms. The number of alkyl halides is 1. The second-order valence-corrected chi connectivity index (χ2v) is 6.89. The fourth-order valence-electron chi connectivity index (χ4n) is 1.98. The molecule has 1 aliphatic rings. The Bertz CT molecular complexity index is 457. The summed E-state index contributed by atoms with van der Waals surface area (Å²) in [6, 6.07) is 8.87. The van der Waals surface area contributed by atoms with Gasteiger partial charge in [0, 0.05) is 17.9 Å². The average Bonchev–Trinajstić information content (AvgIpc) is 2.27. The predicted molar refractivity (Wildman–Crippen MR) is 71.8 cm³/mol. The highest BCUT2D eigenvalue weighted by atomic mass is 79.9. The van der Waals surface area contributed by atoms with Crippen LogP contribution in [0.4, 0.5) is 0 Å². The Balaban J connectivity index is 2.28. The van der Waals surface area contributed by atoms with E-state index in [0.717, 1.165) is 19.3 Å². The van der Waals surface area contributed by atoms with Crippen LogP contribution < -0.4 is 0 Å². The van der Waals surface area contributed by atoms with Crippen molar-refractivity contribution in [3.8, 4) is 0 Å². The first-order valence-corrected chi connectivity index (χ1v) is 8.35.